The van der Waals surface area contributed by atoms with Crippen LogP contribution < -0.4 is 14.4 Å². The van der Waals surface area contributed by atoms with Gasteiger partial charge in [-0.2, -0.15) is 0 Å². The number of anilines is 2. The fourth-order valence-corrected chi connectivity index (χ4v) is 2.50. The number of halogens is 1. The second kappa shape index (κ2) is 7.52. The van der Waals surface area contributed by atoms with Crippen LogP contribution in [0.3, 0.4) is 0 Å². The Bertz CT molecular complexity index is 853. The third kappa shape index (κ3) is 5.18. The number of hydrogen-bond donors (Lipinski definition) is 1. The van der Waals surface area contributed by atoms with Crippen LogP contribution in [0.15, 0.2) is 48.5 Å². The molecule has 2 rings (SSSR count). The molecular formula is C17H19FN2O4S. The van der Waals surface area contributed by atoms with Crippen LogP contribution in [-0.4, -0.2) is 33.7 Å². The van der Waals surface area contributed by atoms with E-state index < -0.39 is 27.9 Å². The second-order valence-electron chi connectivity index (χ2n) is 5.48. The zero-order valence-corrected chi connectivity index (χ0v) is 14.9. The van der Waals surface area contributed by atoms with Crippen molar-refractivity contribution in [1.29, 1.82) is 0 Å². The van der Waals surface area contributed by atoms with E-state index in [4.69, 9.17) is 4.74 Å². The largest absolute Gasteiger partial charge is 0.481 e. The Kier molecular flexibility index (Phi) is 5.63. The van der Waals surface area contributed by atoms with E-state index in [-0.39, 0.29) is 0 Å². The molecule has 0 heterocycles. The lowest BCUT2D eigenvalue weighted by Crippen LogP contribution is -2.30. The van der Waals surface area contributed by atoms with E-state index in [2.05, 4.69) is 5.32 Å². The highest BCUT2D eigenvalue weighted by atomic mass is 32.2. The number of carbonyl (C=O) groups is 1. The number of benzene rings is 2. The summed E-state index contributed by atoms with van der Waals surface area (Å²) in [6, 6.07) is 11.9. The van der Waals surface area contributed by atoms with Gasteiger partial charge in [-0.25, -0.2) is 12.8 Å². The van der Waals surface area contributed by atoms with Crippen LogP contribution in [0.2, 0.25) is 0 Å². The maximum Gasteiger partial charge on any atom is 0.265 e. The summed E-state index contributed by atoms with van der Waals surface area (Å²) in [6.07, 6.45) is 0.290. The molecule has 6 nitrogen and oxygen atoms in total. The van der Waals surface area contributed by atoms with Crippen molar-refractivity contribution in [2.75, 3.05) is 22.9 Å². The normalized spacial score (nSPS) is 12.3. The van der Waals surface area contributed by atoms with Crippen molar-refractivity contribution in [2.45, 2.75) is 13.0 Å². The Labute approximate surface area is 146 Å². The fraction of sp³-hybridized carbons (Fsp3) is 0.235. The van der Waals surface area contributed by atoms with E-state index in [0.717, 1.165) is 10.6 Å². The number of sulfonamides is 1. The molecule has 0 radical (unpaired) electrons. The van der Waals surface area contributed by atoms with Crippen LogP contribution in [0.1, 0.15) is 6.92 Å². The minimum absolute atomic E-state index is 0.338. The van der Waals surface area contributed by atoms with E-state index >= 15 is 0 Å². The van der Waals surface area contributed by atoms with E-state index in [9.17, 15) is 17.6 Å². The molecule has 2 aromatic carbocycles. The lowest BCUT2D eigenvalue weighted by molar-refractivity contribution is -0.122. The molecule has 0 spiro atoms. The van der Waals surface area contributed by atoms with Crippen molar-refractivity contribution >= 4 is 27.3 Å². The van der Waals surface area contributed by atoms with Crippen LogP contribution >= 0.6 is 0 Å². The molecule has 25 heavy (non-hydrogen) atoms. The average molecular weight is 366 g/mol. The van der Waals surface area contributed by atoms with Crippen molar-refractivity contribution in [3.05, 3.63) is 54.3 Å². The van der Waals surface area contributed by atoms with E-state index in [1.165, 1.54) is 25.2 Å². The van der Waals surface area contributed by atoms with Crippen molar-refractivity contribution in [3.63, 3.8) is 0 Å². The maximum absolute atomic E-state index is 13.1. The lowest BCUT2D eigenvalue weighted by atomic mass is 10.2. The first-order valence-corrected chi connectivity index (χ1v) is 9.28. The van der Waals surface area contributed by atoms with Gasteiger partial charge in [0, 0.05) is 12.7 Å². The van der Waals surface area contributed by atoms with Gasteiger partial charge in [-0.3, -0.25) is 9.10 Å². The van der Waals surface area contributed by atoms with Gasteiger partial charge in [0.2, 0.25) is 10.0 Å². The minimum atomic E-state index is -3.35. The highest BCUT2D eigenvalue weighted by Gasteiger charge is 2.16. The first-order valence-electron chi connectivity index (χ1n) is 7.44. The molecule has 8 heteroatoms. The van der Waals surface area contributed by atoms with Crippen LogP contribution in [0.5, 0.6) is 5.75 Å². The Morgan fingerprint density at radius 1 is 1.20 bits per heavy atom. The predicted octanol–water partition coefficient (Wildman–Crippen LogP) is 2.63. The molecule has 0 aliphatic carbocycles. The number of hydrogen-bond acceptors (Lipinski definition) is 4. The first kappa shape index (κ1) is 18.7. The molecule has 0 bridgehead atoms. The third-order valence-electron chi connectivity index (χ3n) is 3.47. The maximum atomic E-state index is 13.1. The molecule has 0 saturated heterocycles. The number of ether oxygens (including phenoxy) is 1. The van der Waals surface area contributed by atoms with Crippen LogP contribution in [0.4, 0.5) is 15.8 Å². The van der Waals surface area contributed by atoms with E-state index in [1.54, 1.807) is 37.3 Å². The van der Waals surface area contributed by atoms with Gasteiger partial charge in [0.25, 0.3) is 5.91 Å². The van der Waals surface area contributed by atoms with E-state index in [0.29, 0.717) is 17.1 Å². The standard InChI is InChI=1S/C17H19FN2O4S/c1-12(17(21)19-14-6-4-5-13(18)11-14)24-16-9-7-15(8-10-16)20(2)25(3,22)23/h4-12H,1-3H3,(H,19,21)/t12-/m1/s1. The molecule has 1 atom stereocenters. The third-order valence-corrected chi connectivity index (χ3v) is 4.68. The Morgan fingerprint density at radius 2 is 1.84 bits per heavy atom. The molecule has 1 amide bonds. The van der Waals surface area contributed by atoms with Gasteiger partial charge in [0.05, 0.1) is 11.9 Å². The van der Waals surface area contributed by atoms with Crippen LogP contribution in [0.25, 0.3) is 0 Å². The van der Waals surface area contributed by atoms with Gasteiger partial charge in [0.1, 0.15) is 11.6 Å². The summed E-state index contributed by atoms with van der Waals surface area (Å²) in [5, 5.41) is 2.56. The van der Waals surface area contributed by atoms with Gasteiger partial charge < -0.3 is 10.1 Å². The Hall–Kier alpha value is -2.61. The SMILES string of the molecule is C[C@@H](Oc1ccc(N(C)S(C)(=O)=O)cc1)C(=O)Nc1cccc(F)c1. The van der Waals surface area contributed by atoms with Gasteiger partial charge >= 0.3 is 0 Å². The number of carbonyl (C=O) groups excluding carboxylic acids is 1. The highest BCUT2D eigenvalue weighted by molar-refractivity contribution is 7.92. The van der Waals surface area contributed by atoms with Crippen molar-refractivity contribution in [1.82, 2.24) is 0 Å². The van der Waals surface area contributed by atoms with Crippen molar-refractivity contribution in [3.8, 4) is 5.75 Å². The van der Waals surface area contributed by atoms with Crippen LogP contribution in [-0.2, 0) is 14.8 Å². The Morgan fingerprint density at radius 3 is 2.40 bits per heavy atom. The second-order valence-corrected chi connectivity index (χ2v) is 7.50. The summed E-state index contributed by atoms with van der Waals surface area (Å²) in [4.78, 5) is 12.1. The summed E-state index contributed by atoms with van der Waals surface area (Å²) in [5.74, 6) is -0.465. The molecule has 0 fully saturated rings. The minimum Gasteiger partial charge on any atom is -0.481 e. The molecule has 0 saturated carbocycles. The van der Waals surface area contributed by atoms with Gasteiger partial charge in [-0.1, -0.05) is 6.07 Å². The molecule has 0 aromatic heterocycles. The molecule has 0 unspecified atom stereocenters. The fourth-order valence-electron chi connectivity index (χ4n) is 1.99. The average Bonchev–Trinajstić information content (AvgIpc) is 2.54. The summed E-state index contributed by atoms with van der Waals surface area (Å²) >= 11 is 0. The molecule has 1 N–H and O–H groups in total. The topological polar surface area (TPSA) is 75.7 Å². The highest BCUT2D eigenvalue weighted by Crippen LogP contribution is 2.21. The van der Waals surface area contributed by atoms with Gasteiger partial charge in [-0.15, -0.1) is 0 Å². The molecule has 0 aliphatic heterocycles. The van der Waals surface area contributed by atoms with Gasteiger partial charge in [0.15, 0.2) is 6.10 Å². The predicted molar refractivity (Wildman–Crippen MR) is 94.8 cm³/mol. The first-order chi connectivity index (χ1) is 11.7. The summed E-state index contributed by atoms with van der Waals surface area (Å²) in [7, 11) is -1.90. The summed E-state index contributed by atoms with van der Waals surface area (Å²) in [5.41, 5.74) is 0.817. The van der Waals surface area contributed by atoms with E-state index in [1.807, 2.05) is 0 Å². The number of rotatable bonds is 6. The molecule has 2 aromatic rings. The molecule has 134 valence electrons. The molecular weight excluding hydrogens is 347 g/mol. The zero-order chi connectivity index (χ0) is 18.6. The summed E-state index contributed by atoms with van der Waals surface area (Å²) < 4.78 is 42.8. The zero-order valence-electron chi connectivity index (χ0n) is 14.1. The lowest BCUT2D eigenvalue weighted by Gasteiger charge is -2.18. The molecule has 0 aliphatic rings. The number of amides is 1. The van der Waals surface area contributed by atoms with Crippen molar-refractivity contribution < 1.29 is 22.3 Å². The van der Waals surface area contributed by atoms with Gasteiger partial charge in [-0.05, 0) is 49.4 Å². The smallest absolute Gasteiger partial charge is 0.265 e. The quantitative estimate of drug-likeness (QED) is 0.853. The summed E-state index contributed by atoms with van der Waals surface area (Å²) in [6.45, 7) is 1.56. The monoisotopic (exact) mass is 366 g/mol. The van der Waals surface area contributed by atoms with Crippen LogP contribution in [0, 0.1) is 5.82 Å². The van der Waals surface area contributed by atoms with Crippen molar-refractivity contribution in [2.24, 2.45) is 0 Å². The number of nitrogens with zero attached hydrogens (tertiary/aromatic N) is 1. The number of nitrogens with one attached hydrogen (secondary N) is 1. The Balaban J connectivity index is 2.00.